The Labute approximate surface area is 116 Å². The van der Waals surface area contributed by atoms with Crippen LogP contribution in [0.5, 0.6) is 0 Å². The Bertz CT molecular complexity index is 398. The Morgan fingerprint density at radius 3 is 2.79 bits per heavy atom. The molecule has 0 aliphatic heterocycles. The Kier molecular flexibility index (Phi) is 4.61. The fourth-order valence-corrected chi connectivity index (χ4v) is 2.93. The van der Waals surface area contributed by atoms with Crippen LogP contribution in [0.15, 0.2) is 4.42 Å². The lowest BCUT2D eigenvalue weighted by molar-refractivity contribution is 0.171. The molecule has 1 aliphatic carbocycles. The van der Waals surface area contributed by atoms with E-state index in [0.29, 0.717) is 12.0 Å². The quantitative estimate of drug-likeness (QED) is 0.887. The van der Waals surface area contributed by atoms with Crippen LogP contribution in [0, 0.1) is 5.41 Å². The van der Waals surface area contributed by atoms with Gasteiger partial charge in [0.1, 0.15) is 0 Å². The lowest BCUT2D eigenvalue weighted by atomic mass is 9.69. The van der Waals surface area contributed by atoms with Crippen molar-refractivity contribution in [2.45, 2.75) is 71.8 Å². The summed E-state index contributed by atoms with van der Waals surface area (Å²) in [6.07, 6.45) is 5.85. The van der Waals surface area contributed by atoms with Gasteiger partial charge in [-0.05, 0) is 18.3 Å². The zero-order valence-electron chi connectivity index (χ0n) is 12.7. The van der Waals surface area contributed by atoms with Gasteiger partial charge in [-0.15, -0.1) is 10.2 Å². The van der Waals surface area contributed by atoms with Crippen molar-refractivity contribution >= 4 is 0 Å². The van der Waals surface area contributed by atoms with Crippen molar-refractivity contribution in [3.8, 4) is 0 Å². The lowest BCUT2D eigenvalue weighted by Gasteiger charge is -2.36. The molecule has 0 radical (unpaired) electrons. The van der Waals surface area contributed by atoms with Gasteiger partial charge in [-0.3, -0.25) is 0 Å². The highest BCUT2D eigenvalue weighted by atomic mass is 16.4. The van der Waals surface area contributed by atoms with Crippen LogP contribution >= 0.6 is 0 Å². The minimum Gasteiger partial charge on any atom is -0.425 e. The van der Waals surface area contributed by atoms with Crippen molar-refractivity contribution in [2.75, 3.05) is 6.54 Å². The zero-order valence-corrected chi connectivity index (χ0v) is 12.7. The van der Waals surface area contributed by atoms with Crippen LogP contribution in [0.3, 0.4) is 0 Å². The topological polar surface area (TPSA) is 51.0 Å². The maximum absolute atomic E-state index is 5.88. The van der Waals surface area contributed by atoms with E-state index in [2.05, 4.69) is 43.2 Å². The number of hydrogen-bond donors (Lipinski definition) is 1. The van der Waals surface area contributed by atoms with E-state index in [1.165, 1.54) is 25.7 Å². The van der Waals surface area contributed by atoms with E-state index in [1.54, 1.807) is 0 Å². The molecule has 1 atom stereocenters. The summed E-state index contributed by atoms with van der Waals surface area (Å²) >= 11 is 0. The van der Waals surface area contributed by atoms with Crippen LogP contribution in [0.25, 0.3) is 0 Å². The first-order valence-electron chi connectivity index (χ1n) is 7.55. The van der Waals surface area contributed by atoms with E-state index in [0.717, 1.165) is 24.7 Å². The minimum atomic E-state index is 0.290. The van der Waals surface area contributed by atoms with Crippen LogP contribution in [-0.4, -0.2) is 22.8 Å². The maximum atomic E-state index is 5.88. The second kappa shape index (κ2) is 6.04. The molecule has 1 N–H and O–H groups in total. The predicted molar refractivity (Wildman–Crippen MR) is 76.1 cm³/mol. The monoisotopic (exact) mass is 265 g/mol. The van der Waals surface area contributed by atoms with Gasteiger partial charge >= 0.3 is 0 Å². The summed E-state index contributed by atoms with van der Waals surface area (Å²) in [7, 11) is 0. The Morgan fingerprint density at radius 2 is 2.11 bits per heavy atom. The fraction of sp³-hybridized carbons (Fsp3) is 0.867. The fourth-order valence-electron chi connectivity index (χ4n) is 2.93. The third-order valence-corrected chi connectivity index (χ3v) is 4.18. The highest BCUT2D eigenvalue weighted by Crippen LogP contribution is 2.46. The standard InChI is InChI=1S/C15H27N3O/c1-11(2)16-10-8-13-17-18-14(19-13)12-7-5-6-9-15(12,3)4/h11-12,16H,5-10H2,1-4H3. The number of nitrogens with zero attached hydrogens (tertiary/aromatic N) is 2. The molecular weight excluding hydrogens is 238 g/mol. The minimum absolute atomic E-state index is 0.290. The first-order valence-corrected chi connectivity index (χ1v) is 7.55. The molecule has 1 heterocycles. The van der Waals surface area contributed by atoms with Crippen LogP contribution < -0.4 is 5.32 Å². The number of rotatable bonds is 5. The number of hydrogen-bond acceptors (Lipinski definition) is 4. The molecule has 1 aromatic heterocycles. The molecule has 1 unspecified atom stereocenters. The highest BCUT2D eigenvalue weighted by molar-refractivity contribution is 5.01. The first kappa shape index (κ1) is 14.5. The second-order valence-electron chi connectivity index (χ2n) is 6.68. The van der Waals surface area contributed by atoms with E-state index in [4.69, 9.17) is 4.42 Å². The molecule has 1 saturated carbocycles. The SMILES string of the molecule is CC(C)NCCc1nnc(C2CCCCC2(C)C)o1. The molecule has 0 spiro atoms. The zero-order chi connectivity index (χ0) is 13.9. The summed E-state index contributed by atoms with van der Waals surface area (Å²) in [6, 6.07) is 0.500. The summed E-state index contributed by atoms with van der Waals surface area (Å²) in [5.41, 5.74) is 0.290. The number of aromatic nitrogens is 2. The first-order chi connectivity index (χ1) is 8.99. The van der Waals surface area contributed by atoms with Crippen molar-refractivity contribution in [2.24, 2.45) is 5.41 Å². The van der Waals surface area contributed by atoms with E-state index in [9.17, 15) is 0 Å². The average molecular weight is 265 g/mol. The lowest BCUT2D eigenvalue weighted by Crippen LogP contribution is -2.26. The largest absolute Gasteiger partial charge is 0.425 e. The van der Waals surface area contributed by atoms with Gasteiger partial charge in [0.25, 0.3) is 0 Å². The molecule has 4 nitrogen and oxygen atoms in total. The molecule has 19 heavy (non-hydrogen) atoms. The van der Waals surface area contributed by atoms with Crippen LogP contribution in [-0.2, 0) is 6.42 Å². The average Bonchev–Trinajstić information content (AvgIpc) is 2.76. The summed E-state index contributed by atoms with van der Waals surface area (Å²) < 4.78 is 5.88. The molecule has 2 rings (SSSR count). The normalized spacial score (nSPS) is 22.9. The van der Waals surface area contributed by atoms with Crippen LogP contribution in [0.4, 0.5) is 0 Å². The predicted octanol–water partition coefficient (Wildman–Crippen LogP) is 3.29. The van der Waals surface area contributed by atoms with Gasteiger partial charge in [0.2, 0.25) is 11.8 Å². The van der Waals surface area contributed by atoms with Crippen molar-refractivity contribution in [3.05, 3.63) is 11.8 Å². The maximum Gasteiger partial charge on any atom is 0.220 e. The van der Waals surface area contributed by atoms with Crippen molar-refractivity contribution in [1.29, 1.82) is 0 Å². The molecule has 1 aliphatic rings. The van der Waals surface area contributed by atoms with Gasteiger partial charge in [0.15, 0.2) is 0 Å². The number of nitrogens with one attached hydrogen (secondary N) is 1. The van der Waals surface area contributed by atoms with E-state index >= 15 is 0 Å². The third-order valence-electron chi connectivity index (χ3n) is 4.18. The van der Waals surface area contributed by atoms with Gasteiger partial charge < -0.3 is 9.73 Å². The Balaban J connectivity index is 1.96. The smallest absolute Gasteiger partial charge is 0.220 e. The van der Waals surface area contributed by atoms with Gasteiger partial charge in [-0.25, -0.2) is 0 Å². The van der Waals surface area contributed by atoms with E-state index in [1.807, 2.05) is 0 Å². The highest BCUT2D eigenvalue weighted by Gasteiger charge is 2.36. The summed E-state index contributed by atoms with van der Waals surface area (Å²) in [5.74, 6) is 2.05. The molecule has 0 aromatic carbocycles. The van der Waals surface area contributed by atoms with Gasteiger partial charge in [0.05, 0.1) is 0 Å². The Hall–Kier alpha value is -0.900. The molecule has 1 fully saturated rings. The van der Waals surface area contributed by atoms with Crippen LogP contribution in [0.2, 0.25) is 0 Å². The van der Waals surface area contributed by atoms with Crippen molar-refractivity contribution in [1.82, 2.24) is 15.5 Å². The Morgan fingerprint density at radius 1 is 1.32 bits per heavy atom. The molecule has 0 bridgehead atoms. The molecule has 108 valence electrons. The molecule has 4 heteroatoms. The van der Waals surface area contributed by atoms with Gasteiger partial charge in [0, 0.05) is 24.9 Å². The molecule has 1 aromatic rings. The van der Waals surface area contributed by atoms with Crippen molar-refractivity contribution in [3.63, 3.8) is 0 Å². The van der Waals surface area contributed by atoms with Gasteiger partial charge in [-0.2, -0.15) is 0 Å². The molecular formula is C15H27N3O. The van der Waals surface area contributed by atoms with Crippen LogP contribution in [0.1, 0.15) is 71.1 Å². The third kappa shape index (κ3) is 3.78. The van der Waals surface area contributed by atoms with Gasteiger partial charge in [-0.1, -0.05) is 40.5 Å². The summed E-state index contributed by atoms with van der Waals surface area (Å²) in [4.78, 5) is 0. The molecule has 0 amide bonds. The summed E-state index contributed by atoms with van der Waals surface area (Å²) in [5, 5.41) is 11.9. The van der Waals surface area contributed by atoms with Crippen molar-refractivity contribution < 1.29 is 4.42 Å². The molecule has 0 saturated heterocycles. The summed E-state index contributed by atoms with van der Waals surface area (Å²) in [6.45, 7) is 9.82. The van der Waals surface area contributed by atoms with E-state index < -0.39 is 0 Å². The van der Waals surface area contributed by atoms with E-state index in [-0.39, 0.29) is 5.41 Å². The second-order valence-corrected chi connectivity index (χ2v) is 6.68.